The SMILES string of the molecule is Cc1ccc(CSCCNC(=O)C2CCN(Cc3nc(-c4cccc(C)c4)no3)CC2)cc1. The summed E-state index contributed by atoms with van der Waals surface area (Å²) in [4.78, 5) is 19.4. The van der Waals surface area contributed by atoms with Crippen LogP contribution in [0.5, 0.6) is 0 Å². The van der Waals surface area contributed by atoms with Gasteiger partial charge in [0, 0.05) is 29.5 Å². The fourth-order valence-electron chi connectivity index (χ4n) is 4.03. The van der Waals surface area contributed by atoms with Crippen molar-refractivity contribution in [1.29, 1.82) is 0 Å². The second-order valence-electron chi connectivity index (χ2n) is 8.76. The van der Waals surface area contributed by atoms with Gasteiger partial charge in [-0.05, 0) is 51.4 Å². The zero-order valence-corrected chi connectivity index (χ0v) is 20.2. The number of rotatable bonds is 9. The third-order valence-electron chi connectivity index (χ3n) is 6.00. The van der Waals surface area contributed by atoms with Gasteiger partial charge in [-0.3, -0.25) is 9.69 Å². The number of thioether (sulfide) groups is 1. The highest BCUT2D eigenvalue weighted by Crippen LogP contribution is 2.21. The van der Waals surface area contributed by atoms with Gasteiger partial charge in [-0.15, -0.1) is 0 Å². The highest BCUT2D eigenvalue weighted by atomic mass is 32.2. The number of nitrogens with one attached hydrogen (secondary N) is 1. The molecule has 0 unspecified atom stereocenters. The molecule has 3 aromatic rings. The molecule has 0 aliphatic carbocycles. The lowest BCUT2D eigenvalue weighted by Crippen LogP contribution is -2.40. The van der Waals surface area contributed by atoms with Crippen molar-refractivity contribution in [2.45, 2.75) is 39.0 Å². The van der Waals surface area contributed by atoms with E-state index < -0.39 is 0 Å². The van der Waals surface area contributed by atoms with Crippen LogP contribution in [0.4, 0.5) is 0 Å². The molecule has 33 heavy (non-hydrogen) atoms. The Morgan fingerprint density at radius 3 is 2.67 bits per heavy atom. The topological polar surface area (TPSA) is 71.3 Å². The third-order valence-corrected chi connectivity index (χ3v) is 7.03. The zero-order valence-electron chi connectivity index (χ0n) is 19.4. The van der Waals surface area contributed by atoms with Crippen LogP contribution in [0.25, 0.3) is 11.4 Å². The van der Waals surface area contributed by atoms with Gasteiger partial charge in [0.2, 0.25) is 17.6 Å². The average Bonchev–Trinajstić information content (AvgIpc) is 3.29. The van der Waals surface area contributed by atoms with Gasteiger partial charge in [0.15, 0.2) is 0 Å². The highest BCUT2D eigenvalue weighted by molar-refractivity contribution is 7.98. The molecule has 7 heteroatoms. The van der Waals surface area contributed by atoms with E-state index in [2.05, 4.69) is 70.6 Å². The van der Waals surface area contributed by atoms with E-state index in [0.717, 1.165) is 49.5 Å². The molecule has 0 bridgehead atoms. The molecule has 4 rings (SSSR count). The summed E-state index contributed by atoms with van der Waals surface area (Å²) in [7, 11) is 0. The van der Waals surface area contributed by atoms with Crippen LogP contribution in [0.1, 0.15) is 35.4 Å². The summed E-state index contributed by atoms with van der Waals surface area (Å²) in [5.74, 6) is 3.44. The Hall–Kier alpha value is -2.64. The van der Waals surface area contributed by atoms with Crippen molar-refractivity contribution < 1.29 is 9.32 Å². The van der Waals surface area contributed by atoms with Crippen molar-refractivity contribution in [3.63, 3.8) is 0 Å². The predicted molar refractivity (Wildman–Crippen MR) is 133 cm³/mol. The molecule has 1 N–H and O–H groups in total. The van der Waals surface area contributed by atoms with Gasteiger partial charge in [-0.25, -0.2) is 0 Å². The summed E-state index contributed by atoms with van der Waals surface area (Å²) in [5, 5.41) is 7.25. The van der Waals surface area contributed by atoms with Gasteiger partial charge in [-0.1, -0.05) is 58.7 Å². The van der Waals surface area contributed by atoms with Crippen molar-refractivity contribution in [3.8, 4) is 11.4 Å². The standard InChI is InChI=1S/C26H32N4O2S/c1-19-6-8-21(9-7-19)18-33-15-12-27-26(31)22-10-13-30(14-11-22)17-24-28-25(29-32-24)23-5-3-4-20(2)16-23/h3-9,16,22H,10-15,17-18H2,1-2H3,(H,27,31). The average molecular weight is 465 g/mol. The lowest BCUT2D eigenvalue weighted by atomic mass is 9.96. The first kappa shape index (κ1) is 23.5. The molecule has 2 aromatic carbocycles. The summed E-state index contributed by atoms with van der Waals surface area (Å²) in [6.07, 6.45) is 1.72. The number of carbonyl (C=O) groups is 1. The minimum absolute atomic E-state index is 0.0916. The number of likely N-dealkylation sites (tertiary alicyclic amines) is 1. The number of piperidine rings is 1. The maximum Gasteiger partial charge on any atom is 0.241 e. The van der Waals surface area contributed by atoms with Crippen LogP contribution < -0.4 is 5.32 Å². The van der Waals surface area contributed by atoms with E-state index in [-0.39, 0.29) is 11.8 Å². The molecular formula is C26H32N4O2S. The first-order valence-corrected chi connectivity index (χ1v) is 12.8. The fraction of sp³-hybridized carbons (Fsp3) is 0.423. The Labute approximate surface area is 200 Å². The minimum Gasteiger partial charge on any atom is -0.355 e. The second kappa shape index (κ2) is 11.5. The Balaban J connectivity index is 1.14. The Bertz CT molecular complexity index is 1040. The van der Waals surface area contributed by atoms with Gasteiger partial charge in [0.05, 0.1) is 6.54 Å². The molecule has 1 aliphatic rings. The number of hydrogen-bond donors (Lipinski definition) is 1. The van der Waals surface area contributed by atoms with Gasteiger partial charge in [0.1, 0.15) is 0 Å². The number of hydrogen-bond acceptors (Lipinski definition) is 6. The van der Waals surface area contributed by atoms with Crippen molar-refractivity contribution in [2.24, 2.45) is 5.92 Å². The summed E-state index contributed by atoms with van der Waals surface area (Å²) < 4.78 is 5.47. The molecule has 0 saturated carbocycles. The van der Waals surface area contributed by atoms with Crippen molar-refractivity contribution in [1.82, 2.24) is 20.4 Å². The number of amides is 1. The highest BCUT2D eigenvalue weighted by Gasteiger charge is 2.25. The molecule has 1 amide bonds. The molecule has 0 atom stereocenters. The molecule has 1 aromatic heterocycles. The Morgan fingerprint density at radius 2 is 1.91 bits per heavy atom. The molecule has 174 valence electrons. The maximum absolute atomic E-state index is 12.5. The van der Waals surface area contributed by atoms with Gasteiger partial charge < -0.3 is 9.84 Å². The van der Waals surface area contributed by atoms with Gasteiger partial charge >= 0.3 is 0 Å². The van der Waals surface area contributed by atoms with Crippen LogP contribution in [0.2, 0.25) is 0 Å². The molecule has 0 spiro atoms. The lowest BCUT2D eigenvalue weighted by Gasteiger charge is -2.30. The number of aryl methyl sites for hydroxylation is 2. The van der Waals surface area contributed by atoms with Gasteiger partial charge in [-0.2, -0.15) is 16.7 Å². The number of carbonyl (C=O) groups excluding carboxylic acids is 1. The monoisotopic (exact) mass is 464 g/mol. The van der Waals surface area contributed by atoms with E-state index in [1.807, 2.05) is 23.9 Å². The summed E-state index contributed by atoms with van der Waals surface area (Å²) in [5.41, 5.74) is 4.75. The number of benzene rings is 2. The van der Waals surface area contributed by atoms with Crippen molar-refractivity contribution >= 4 is 17.7 Å². The van der Waals surface area contributed by atoms with Crippen LogP contribution in [0, 0.1) is 19.8 Å². The number of aromatic nitrogens is 2. The lowest BCUT2D eigenvalue weighted by molar-refractivity contribution is -0.126. The fourth-order valence-corrected chi connectivity index (χ4v) is 4.85. The smallest absolute Gasteiger partial charge is 0.241 e. The summed E-state index contributed by atoms with van der Waals surface area (Å²) >= 11 is 1.86. The van der Waals surface area contributed by atoms with Crippen LogP contribution in [0.3, 0.4) is 0 Å². The molecule has 1 fully saturated rings. The maximum atomic E-state index is 12.5. The molecule has 1 saturated heterocycles. The van der Waals surface area contributed by atoms with E-state index in [1.165, 1.54) is 16.7 Å². The van der Waals surface area contributed by atoms with E-state index in [9.17, 15) is 4.79 Å². The van der Waals surface area contributed by atoms with Crippen LogP contribution >= 0.6 is 11.8 Å². The second-order valence-corrected chi connectivity index (χ2v) is 9.87. The molecule has 0 radical (unpaired) electrons. The molecule has 6 nitrogen and oxygen atoms in total. The van der Waals surface area contributed by atoms with Crippen LogP contribution in [-0.4, -0.2) is 46.3 Å². The predicted octanol–water partition coefficient (Wildman–Crippen LogP) is 4.62. The molecule has 1 aliphatic heterocycles. The zero-order chi connectivity index (χ0) is 23.0. The van der Waals surface area contributed by atoms with E-state index in [4.69, 9.17) is 4.52 Å². The van der Waals surface area contributed by atoms with Crippen molar-refractivity contribution in [3.05, 3.63) is 71.1 Å². The normalized spacial score (nSPS) is 15.0. The Kier molecular flexibility index (Phi) is 8.18. The summed E-state index contributed by atoms with van der Waals surface area (Å²) in [6, 6.07) is 16.7. The summed E-state index contributed by atoms with van der Waals surface area (Å²) in [6.45, 7) is 7.23. The number of nitrogens with zero attached hydrogens (tertiary/aromatic N) is 3. The molecular weight excluding hydrogens is 432 g/mol. The van der Waals surface area contributed by atoms with Crippen LogP contribution in [-0.2, 0) is 17.1 Å². The quantitative estimate of drug-likeness (QED) is 0.466. The Morgan fingerprint density at radius 1 is 1.12 bits per heavy atom. The third kappa shape index (κ3) is 6.92. The van der Waals surface area contributed by atoms with E-state index >= 15 is 0 Å². The van der Waals surface area contributed by atoms with E-state index in [1.54, 1.807) is 0 Å². The molecule has 2 heterocycles. The van der Waals surface area contributed by atoms with Crippen LogP contribution in [0.15, 0.2) is 53.1 Å². The van der Waals surface area contributed by atoms with Gasteiger partial charge in [0.25, 0.3) is 0 Å². The largest absolute Gasteiger partial charge is 0.355 e. The van der Waals surface area contributed by atoms with E-state index in [0.29, 0.717) is 18.3 Å². The minimum atomic E-state index is 0.0916. The first-order valence-electron chi connectivity index (χ1n) is 11.6. The van der Waals surface area contributed by atoms with Crippen molar-refractivity contribution in [2.75, 3.05) is 25.4 Å². The first-order chi connectivity index (χ1) is 16.1.